The van der Waals surface area contributed by atoms with Gasteiger partial charge in [0.25, 0.3) is 0 Å². The second kappa shape index (κ2) is 22.1. The maximum absolute atomic E-state index is 16.6. The van der Waals surface area contributed by atoms with Gasteiger partial charge in [0.2, 0.25) is 0 Å². The second-order valence-electron chi connectivity index (χ2n) is 16.1. The summed E-state index contributed by atoms with van der Waals surface area (Å²) in [6.07, 6.45) is 4.17. The van der Waals surface area contributed by atoms with Gasteiger partial charge in [-0.15, -0.1) is 0 Å². The predicted octanol–water partition coefficient (Wildman–Crippen LogP) is 15.6. The molecule has 0 fully saturated rings. The van der Waals surface area contributed by atoms with Crippen LogP contribution in [0.1, 0.15) is 11.1 Å². The van der Waals surface area contributed by atoms with Crippen molar-refractivity contribution in [3.63, 3.8) is 0 Å². The molecule has 0 aliphatic rings. The number of benzene rings is 9. The van der Waals surface area contributed by atoms with Crippen molar-refractivity contribution in [1.29, 1.82) is 0 Å². The summed E-state index contributed by atoms with van der Waals surface area (Å²) in [4.78, 5) is 0. The minimum Gasteiger partial charge on any atom is -0.399 e. The number of allylic oxidation sites excluding steroid dienone is 1. The van der Waals surface area contributed by atoms with Crippen LogP contribution in [0.4, 0.5) is 0 Å². The van der Waals surface area contributed by atoms with Crippen molar-refractivity contribution in [3.8, 4) is 23.0 Å². The fraction of sp³-hybridized carbons (Fsp3) is 0.0345. The Balaban J connectivity index is 1.51. The van der Waals surface area contributed by atoms with Gasteiger partial charge in [-0.1, -0.05) is 236 Å². The molecule has 0 atom stereocenters. The standard InChI is InChI=1S/C58H50N2O6P4/c1-48-42-44-49(45-43-48)46-47-58(67(54-34-18-6-19-35-54,55-36-20-7-21-37-55)59-69(61,63-50-26-10-2-11-27-50)64-51-28-12-3-13-29-51)68(56-38-22-8-23-39-56,57-40-24-9-25-41-57)60-70(62,65-52-30-14-4-15-31-52)66-53-32-16-5-17-33-53/h2-47,58H,1H3/b47-46+. The molecule has 0 radical (unpaired) electrons. The van der Waals surface area contributed by atoms with E-state index >= 15 is 9.13 Å². The van der Waals surface area contributed by atoms with E-state index in [1.54, 1.807) is 48.5 Å². The largest absolute Gasteiger partial charge is 0.562 e. The normalized spacial score (nSPS) is 12.0. The van der Waals surface area contributed by atoms with Crippen LogP contribution in [-0.2, 0) is 9.13 Å². The van der Waals surface area contributed by atoms with Crippen molar-refractivity contribution in [1.82, 2.24) is 0 Å². The van der Waals surface area contributed by atoms with E-state index in [1.165, 1.54) is 0 Å². The maximum atomic E-state index is 16.6. The number of rotatable bonds is 18. The van der Waals surface area contributed by atoms with Crippen LogP contribution in [0.2, 0.25) is 0 Å². The molecule has 0 aromatic heterocycles. The molecule has 9 rings (SSSR count). The molecule has 0 bridgehead atoms. The first-order chi connectivity index (χ1) is 34.3. The molecule has 0 unspecified atom stereocenters. The molecule has 0 spiro atoms. The zero-order chi connectivity index (χ0) is 48.1. The van der Waals surface area contributed by atoms with Crippen LogP contribution in [0, 0.1) is 6.92 Å². The molecule has 9 aromatic rings. The van der Waals surface area contributed by atoms with E-state index in [0.29, 0.717) is 23.0 Å². The first-order valence-electron chi connectivity index (χ1n) is 22.7. The zero-order valence-corrected chi connectivity index (χ0v) is 41.8. The first-order valence-corrected chi connectivity index (χ1v) is 29.3. The van der Waals surface area contributed by atoms with Gasteiger partial charge in [0.05, 0.1) is 19.5 Å². The van der Waals surface area contributed by atoms with Crippen molar-refractivity contribution in [3.05, 3.63) is 284 Å². The van der Waals surface area contributed by atoms with Gasteiger partial charge in [-0.25, -0.2) is 9.13 Å². The van der Waals surface area contributed by atoms with E-state index in [9.17, 15) is 0 Å². The molecular weight excluding hydrogens is 945 g/mol. The van der Waals surface area contributed by atoms with Crippen LogP contribution in [0.5, 0.6) is 23.0 Å². The lowest BCUT2D eigenvalue weighted by atomic mass is 10.1. The smallest absolute Gasteiger partial charge is 0.399 e. The summed E-state index contributed by atoms with van der Waals surface area (Å²) in [6, 6.07) is 83.5. The van der Waals surface area contributed by atoms with Gasteiger partial charge in [-0.2, -0.15) is 9.03 Å². The summed E-state index contributed by atoms with van der Waals surface area (Å²) >= 11 is 0. The van der Waals surface area contributed by atoms with Gasteiger partial charge >= 0.3 is 15.5 Å². The average molecular weight is 995 g/mol. The minimum absolute atomic E-state index is 0.297. The molecular formula is C58H50N2O6P4. The number of hydrogen-bond acceptors (Lipinski definition) is 6. The molecule has 0 N–H and O–H groups in total. The third-order valence-electron chi connectivity index (χ3n) is 11.3. The Kier molecular flexibility index (Phi) is 15.1. The topological polar surface area (TPSA) is 95.8 Å². The Morgan fingerprint density at radius 2 is 0.586 bits per heavy atom. The number of aryl methyl sites for hydroxylation is 1. The van der Waals surface area contributed by atoms with Crippen LogP contribution in [-0.4, -0.2) is 5.40 Å². The van der Waals surface area contributed by atoms with E-state index < -0.39 is 35.0 Å². The van der Waals surface area contributed by atoms with Crippen LogP contribution in [0.3, 0.4) is 0 Å². The minimum atomic E-state index is -4.70. The second-order valence-corrected chi connectivity index (χ2v) is 26.5. The van der Waals surface area contributed by atoms with Crippen LogP contribution < -0.4 is 39.3 Å². The first kappa shape index (κ1) is 47.9. The number of nitrogens with zero attached hydrogens (tertiary/aromatic N) is 2. The third-order valence-corrected chi connectivity index (χ3v) is 25.3. The third kappa shape index (κ3) is 11.1. The number of para-hydroxylation sites is 4. The Bertz CT molecular complexity index is 2960. The van der Waals surface area contributed by atoms with Crippen molar-refractivity contribution < 1.29 is 27.2 Å². The Labute approximate surface area is 410 Å². The van der Waals surface area contributed by atoms with E-state index in [2.05, 4.69) is 36.4 Å². The fourth-order valence-electron chi connectivity index (χ4n) is 8.12. The fourth-order valence-corrected chi connectivity index (χ4v) is 25.0. The number of hydrogen-bond donors (Lipinski definition) is 0. The summed E-state index contributed by atoms with van der Waals surface area (Å²) in [5, 5.41) is 2.05. The molecule has 0 aliphatic heterocycles. The highest BCUT2D eigenvalue weighted by Crippen LogP contribution is 2.76. The summed E-state index contributed by atoms with van der Waals surface area (Å²) in [7, 11) is -17.0. The van der Waals surface area contributed by atoms with Gasteiger partial charge in [0.1, 0.15) is 23.0 Å². The summed E-state index contributed by atoms with van der Waals surface area (Å²) in [6.45, 7) is 2.05. The summed E-state index contributed by atoms with van der Waals surface area (Å²) in [5.41, 5.74) is 1.99. The van der Waals surface area contributed by atoms with Crippen LogP contribution in [0.15, 0.2) is 282 Å². The Hall–Kier alpha value is -7.16. The zero-order valence-electron chi connectivity index (χ0n) is 38.3. The van der Waals surface area contributed by atoms with Crippen molar-refractivity contribution in [2.75, 3.05) is 0 Å². The quantitative estimate of drug-likeness (QED) is 0.0795. The van der Waals surface area contributed by atoms with Gasteiger partial charge in [-0.05, 0) is 82.2 Å². The lowest BCUT2D eigenvalue weighted by Crippen LogP contribution is -2.32. The molecule has 12 heteroatoms. The molecule has 70 heavy (non-hydrogen) atoms. The SMILES string of the molecule is Cc1ccc(/C=C/C(P(=NP(=O)(Oc2ccccc2)Oc2ccccc2)(c2ccccc2)c2ccccc2)P(=NP(=O)(Oc2ccccc2)Oc2ccccc2)(c2ccccc2)c2ccccc2)cc1. The average Bonchev–Trinajstić information content (AvgIpc) is 3.40. The van der Waals surface area contributed by atoms with Crippen molar-refractivity contribution >= 4 is 56.9 Å². The van der Waals surface area contributed by atoms with Gasteiger partial charge in [-0.3, -0.25) is 0 Å². The monoisotopic (exact) mass is 994 g/mol. The van der Waals surface area contributed by atoms with E-state index in [1.807, 2.05) is 201 Å². The molecule has 0 saturated carbocycles. The molecule has 348 valence electrons. The summed E-state index contributed by atoms with van der Waals surface area (Å²) in [5.74, 6) is 1.19. The lowest BCUT2D eigenvalue weighted by Gasteiger charge is -2.42. The van der Waals surface area contributed by atoms with Crippen molar-refractivity contribution in [2.45, 2.75) is 12.3 Å². The van der Waals surface area contributed by atoms with E-state index in [-0.39, 0.29) is 0 Å². The van der Waals surface area contributed by atoms with E-state index in [0.717, 1.165) is 32.3 Å². The molecule has 0 aliphatic carbocycles. The Morgan fingerprint density at radius 1 is 0.343 bits per heavy atom. The Morgan fingerprint density at radius 3 is 0.843 bits per heavy atom. The van der Waals surface area contributed by atoms with Gasteiger partial charge < -0.3 is 18.1 Å². The van der Waals surface area contributed by atoms with Crippen molar-refractivity contribution in [2.24, 2.45) is 9.03 Å². The van der Waals surface area contributed by atoms with E-state index in [4.69, 9.17) is 27.1 Å². The molecule has 0 saturated heterocycles. The highest BCUT2D eigenvalue weighted by molar-refractivity contribution is 7.99. The molecule has 8 nitrogen and oxygen atoms in total. The van der Waals surface area contributed by atoms with Gasteiger partial charge in [0.15, 0.2) is 0 Å². The summed E-state index contributed by atoms with van der Waals surface area (Å²) < 4.78 is 71.3. The molecule has 0 heterocycles. The molecule has 0 amide bonds. The highest BCUT2D eigenvalue weighted by atomic mass is 31.3. The molecule has 9 aromatic carbocycles. The highest BCUT2D eigenvalue weighted by Gasteiger charge is 2.50. The lowest BCUT2D eigenvalue weighted by molar-refractivity contribution is 0.387. The predicted molar refractivity (Wildman–Crippen MR) is 290 cm³/mol. The van der Waals surface area contributed by atoms with Crippen LogP contribution >= 0.6 is 29.6 Å². The van der Waals surface area contributed by atoms with Crippen LogP contribution in [0.25, 0.3) is 6.08 Å². The van der Waals surface area contributed by atoms with Gasteiger partial charge in [0, 0.05) is 0 Å². The maximum Gasteiger partial charge on any atom is 0.562 e.